The van der Waals surface area contributed by atoms with Gasteiger partial charge in [-0.25, -0.2) is 0 Å². The molecular weight excluding hydrogens is 787 g/mol. The molecule has 0 rings (SSSR count). The molecule has 0 fully saturated rings. The van der Waals surface area contributed by atoms with Crippen LogP contribution in [0.5, 0.6) is 0 Å². The summed E-state index contributed by atoms with van der Waals surface area (Å²) in [6, 6.07) is -0.733. The summed E-state index contributed by atoms with van der Waals surface area (Å²) in [5.41, 5.74) is 0. The van der Waals surface area contributed by atoms with Gasteiger partial charge in [-0.2, -0.15) is 0 Å². The molecule has 8 heteroatoms. The number of hydrogen-bond donors (Lipinski definition) is 0. The van der Waals surface area contributed by atoms with Crippen molar-refractivity contribution in [3.63, 3.8) is 0 Å². The highest BCUT2D eigenvalue weighted by molar-refractivity contribution is 5.70. The van der Waals surface area contributed by atoms with Crippen molar-refractivity contribution in [3.8, 4) is 0 Å². The number of hydrogen-bond acceptors (Lipinski definition) is 7. The van der Waals surface area contributed by atoms with E-state index in [1.165, 1.54) is 57.8 Å². The van der Waals surface area contributed by atoms with Gasteiger partial charge in [0, 0.05) is 19.3 Å². The van der Waals surface area contributed by atoms with E-state index in [1.54, 1.807) is 21.1 Å². The second-order valence-corrected chi connectivity index (χ2v) is 17.6. The van der Waals surface area contributed by atoms with Gasteiger partial charge in [-0.1, -0.05) is 176 Å². The maximum atomic E-state index is 12.8. The first-order valence-corrected chi connectivity index (χ1v) is 25.1. The molecule has 0 radical (unpaired) electrons. The Bertz CT molecular complexity index is 1300. The fourth-order valence-corrected chi connectivity index (χ4v) is 6.96. The van der Waals surface area contributed by atoms with Crippen molar-refractivity contribution >= 4 is 17.9 Å². The summed E-state index contributed by atoms with van der Waals surface area (Å²) in [6.45, 7) is 4.42. The molecule has 63 heavy (non-hydrogen) atoms. The molecule has 0 aliphatic rings. The number of nitrogens with zero attached hydrogens (tertiary/aromatic N) is 1. The van der Waals surface area contributed by atoms with Gasteiger partial charge in [-0.15, -0.1) is 0 Å². The van der Waals surface area contributed by atoms with Crippen LogP contribution in [0.3, 0.4) is 0 Å². The zero-order chi connectivity index (χ0) is 46.3. The fourth-order valence-electron chi connectivity index (χ4n) is 6.96. The number of esters is 2. The Morgan fingerprint density at radius 3 is 1.24 bits per heavy atom. The lowest BCUT2D eigenvalue weighted by atomic mass is 10.0. The number of aliphatic carboxylic acids is 1. The summed E-state index contributed by atoms with van der Waals surface area (Å²) < 4.78 is 17.2. The second kappa shape index (κ2) is 45.1. The molecule has 0 aliphatic heterocycles. The van der Waals surface area contributed by atoms with Crippen LogP contribution in [0.15, 0.2) is 85.1 Å². The molecule has 0 amide bonds. The van der Waals surface area contributed by atoms with Gasteiger partial charge < -0.3 is 28.6 Å². The van der Waals surface area contributed by atoms with E-state index < -0.39 is 18.1 Å². The summed E-state index contributed by atoms with van der Waals surface area (Å²) in [5.74, 6) is -1.76. The molecule has 0 spiro atoms. The van der Waals surface area contributed by atoms with E-state index in [1.807, 2.05) is 0 Å². The molecule has 360 valence electrons. The lowest BCUT2D eigenvalue weighted by Crippen LogP contribution is -2.55. The molecule has 0 N–H and O–H groups in total. The summed E-state index contributed by atoms with van der Waals surface area (Å²) in [4.78, 5) is 37.0. The maximum absolute atomic E-state index is 12.8. The van der Waals surface area contributed by atoms with Crippen LogP contribution in [0.4, 0.5) is 0 Å². The Morgan fingerprint density at radius 1 is 0.476 bits per heavy atom. The SMILES string of the molecule is CC/C=C/C/C=C/C/C=C/C/C=C/CCCCCCCCCCCCC(=O)OC(COCCC(C(=O)[O-])[N+](C)(C)C)COC(=O)CCCCCCCC/C=C/C/C=C/C/C=C/CC. The normalized spacial score (nSPS) is 13.6. The number of likely N-dealkylation sites (N-methyl/N-ethyl adjacent to an activating group) is 1. The van der Waals surface area contributed by atoms with Crippen LogP contribution in [0.25, 0.3) is 0 Å². The number of rotatable bonds is 44. The first-order valence-electron chi connectivity index (χ1n) is 25.1. The monoisotopic (exact) mass is 880 g/mol. The van der Waals surface area contributed by atoms with E-state index >= 15 is 0 Å². The molecule has 8 nitrogen and oxygen atoms in total. The Labute approximate surface area is 386 Å². The van der Waals surface area contributed by atoms with Crippen molar-refractivity contribution in [2.24, 2.45) is 0 Å². The van der Waals surface area contributed by atoms with Crippen LogP contribution in [-0.4, -0.2) is 75.5 Å². The number of carboxylic acids is 1. The molecule has 2 unspecified atom stereocenters. The van der Waals surface area contributed by atoms with Crippen molar-refractivity contribution in [3.05, 3.63) is 85.1 Å². The van der Waals surface area contributed by atoms with Crippen molar-refractivity contribution in [1.29, 1.82) is 0 Å². The van der Waals surface area contributed by atoms with Crippen LogP contribution in [0.1, 0.15) is 194 Å². The van der Waals surface area contributed by atoms with E-state index in [-0.39, 0.29) is 42.7 Å². The highest BCUT2D eigenvalue weighted by Gasteiger charge is 2.25. The topological polar surface area (TPSA) is 102 Å². The summed E-state index contributed by atoms with van der Waals surface area (Å²) in [6.07, 6.45) is 58.9. The van der Waals surface area contributed by atoms with Crippen LogP contribution in [0, 0.1) is 0 Å². The van der Waals surface area contributed by atoms with E-state index in [0.717, 1.165) is 103 Å². The molecule has 0 saturated carbocycles. The average molecular weight is 880 g/mol. The minimum atomic E-state index is -1.13. The summed E-state index contributed by atoms with van der Waals surface area (Å²) in [5, 5.41) is 11.7. The second-order valence-electron chi connectivity index (χ2n) is 17.6. The molecule has 2 atom stereocenters. The van der Waals surface area contributed by atoms with E-state index in [9.17, 15) is 19.5 Å². The van der Waals surface area contributed by atoms with Gasteiger partial charge in [0.15, 0.2) is 6.10 Å². The number of ether oxygens (including phenoxy) is 3. The Balaban J connectivity index is 4.27. The third kappa shape index (κ3) is 43.5. The summed E-state index contributed by atoms with van der Waals surface area (Å²) >= 11 is 0. The Hall–Kier alpha value is -3.49. The van der Waals surface area contributed by atoms with E-state index in [4.69, 9.17) is 14.2 Å². The molecular formula is C55H93NO7. The zero-order valence-corrected chi connectivity index (χ0v) is 41.0. The van der Waals surface area contributed by atoms with Crippen LogP contribution >= 0.6 is 0 Å². The third-order valence-electron chi connectivity index (χ3n) is 10.8. The van der Waals surface area contributed by atoms with Crippen molar-refractivity contribution in [1.82, 2.24) is 0 Å². The van der Waals surface area contributed by atoms with Crippen molar-refractivity contribution in [2.45, 2.75) is 206 Å². The molecule has 0 aromatic rings. The average Bonchev–Trinajstić information content (AvgIpc) is 3.24. The number of carbonyl (C=O) groups excluding carboxylic acids is 3. The number of allylic oxidation sites excluding steroid dienone is 14. The predicted octanol–water partition coefficient (Wildman–Crippen LogP) is 13.1. The van der Waals surface area contributed by atoms with Gasteiger partial charge in [0.2, 0.25) is 0 Å². The standard InChI is InChI=1S/C55H93NO7/c1-6-8-10-12-14-16-18-20-22-24-25-26-27-28-29-30-32-34-36-38-40-42-44-46-54(58)63-51(49-61-48-47-52(55(59)60)56(3,4)5)50-62-53(57)45-43-41-39-37-35-33-31-23-21-19-17-15-13-11-9-7-2/h8-11,14-17,20-23,25-26,51-52H,6-7,12-13,18-19,24,27-50H2,1-5H3/b10-8+,11-9+,16-14+,17-15+,22-20+,23-21+,26-25+. The van der Waals surface area contributed by atoms with E-state index in [0.29, 0.717) is 12.8 Å². The van der Waals surface area contributed by atoms with Gasteiger partial charge in [-0.3, -0.25) is 9.59 Å². The molecule has 0 saturated heterocycles. The van der Waals surface area contributed by atoms with Crippen LogP contribution in [-0.2, 0) is 28.6 Å². The zero-order valence-electron chi connectivity index (χ0n) is 41.0. The smallest absolute Gasteiger partial charge is 0.306 e. The van der Waals surface area contributed by atoms with Gasteiger partial charge >= 0.3 is 11.9 Å². The quantitative estimate of drug-likeness (QED) is 0.0260. The number of quaternary nitrogens is 1. The first kappa shape index (κ1) is 59.5. The molecule has 0 aliphatic carbocycles. The van der Waals surface area contributed by atoms with Gasteiger partial charge in [0.1, 0.15) is 12.6 Å². The molecule has 0 bridgehead atoms. The van der Waals surface area contributed by atoms with Gasteiger partial charge in [-0.05, 0) is 83.5 Å². The van der Waals surface area contributed by atoms with Crippen molar-refractivity contribution in [2.75, 3.05) is 41.0 Å². The van der Waals surface area contributed by atoms with Gasteiger partial charge in [0.25, 0.3) is 0 Å². The summed E-state index contributed by atoms with van der Waals surface area (Å²) in [7, 11) is 5.40. The number of carbonyl (C=O) groups is 3. The minimum absolute atomic E-state index is 0.0307. The predicted molar refractivity (Wildman–Crippen MR) is 263 cm³/mol. The fraction of sp³-hybridized carbons (Fsp3) is 0.691. The minimum Gasteiger partial charge on any atom is -0.544 e. The molecule has 0 heterocycles. The van der Waals surface area contributed by atoms with Crippen LogP contribution in [0.2, 0.25) is 0 Å². The Morgan fingerprint density at radius 2 is 0.841 bits per heavy atom. The Kier molecular flexibility index (Phi) is 42.6. The van der Waals surface area contributed by atoms with Gasteiger partial charge in [0.05, 0.1) is 40.3 Å². The highest BCUT2D eigenvalue weighted by Crippen LogP contribution is 2.14. The lowest BCUT2D eigenvalue weighted by molar-refractivity contribution is -0.889. The third-order valence-corrected chi connectivity index (χ3v) is 10.8. The largest absolute Gasteiger partial charge is 0.544 e. The molecule has 0 aromatic carbocycles. The number of carboxylic acid groups (broad SMARTS) is 1. The number of unbranched alkanes of at least 4 members (excludes halogenated alkanes) is 16. The first-order chi connectivity index (χ1) is 30.6. The van der Waals surface area contributed by atoms with E-state index in [2.05, 4.69) is 98.9 Å². The lowest BCUT2D eigenvalue weighted by Gasteiger charge is -2.34. The highest BCUT2D eigenvalue weighted by atomic mass is 16.6. The van der Waals surface area contributed by atoms with Crippen molar-refractivity contribution < 1.29 is 38.2 Å². The maximum Gasteiger partial charge on any atom is 0.306 e. The molecule has 0 aromatic heterocycles. The van der Waals surface area contributed by atoms with Crippen LogP contribution < -0.4 is 5.11 Å².